The minimum absolute atomic E-state index is 0.0208. The molecule has 0 saturated heterocycles. The van der Waals surface area contributed by atoms with Crippen LogP contribution < -0.4 is 5.32 Å². The molecule has 20 heavy (non-hydrogen) atoms. The Bertz CT molecular complexity index is 514. The molecule has 1 aromatic carbocycles. The first-order chi connectivity index (χ1) is 9.66. The highest BCUT2D eigenvalue weighted by molar-refractivity contribution is 5.84. The standard InChI is InChI=1S/C16H19NO3/c18-15(17-14-8-4-7-11(14)16(19)20)13-9-12(13)10-5-2-1-3-6-10/h1-3,5-6,11-14H,4,7-9H2,(H,17,18)(H,19,20). The maximum absolute atomic E-state index is 12.2. The van der Waals surface area contributed by atoms with Gasteiger partial charge in [-0.25, -0.2) is 0 Å². The largest absolute Gasteiger partial charge is 0.481 e. The van der Waals surface area contributed by atoms with E-state index in [1.54, 1.807) is 0 Å². The Kier molecular flexibility index (Phi) is 3.47. The molecule has 0 radical (unpaired) electrons. The van der Waals surface area contributed by atoms with Gasteiger partial charge in [0.25, 0.3) is 0 Å². The quantitative estimate of drug-likeness (QED) is 0.883. The predicted molar refractivity (Wildman–Crippen MR) is 74.2 cm³/mol. The summed E-state index contributed by atoms with van der Waals surface area (Å²) in [6.07, 6.45) is 3.22. The highest BCUT2D eigenvalue weighted by atomic mass is 16.4. The molecule has 0 aromatic heterocycles. The van der Waals surface area contributed by atoms with E-state index in [9.17, 15) is 9.59 Å². The van der Waals surface area contributed by atoms with Crippen molar-refractivity contribution in [3.63, 3.8) is 0 Å². The molecule has 1 aromatic rings. The average Bonchev–Trinajstić information content (AvgIpc) is 3.12. The number of carbonyl (C=O) groups is 2. The molecule has 2 saturated carbocycles. The van der Waals surface area contributed by atoms with Crippen molar-refractivity contribution in [3.8, 4) is 0 Å². The maximum atomic E-state index is 12.2. The van der Waals surface area contributed by atoms with E-state index in [-0.39, 0.29) is 17.9 Å². The van der Waals surface area contributed by atoms with Gasteiger partial charge in [0.05, 0.1) is 5.92 Å². The van der Waals surface area contributed by atoms with Crippen LogP contribution in [0.2, 0.25) is 0 Å². The number of hydrogen-bond acceptors (Lipinski definition) is 2. The van der Waals surface area contributed by atoms with Crippen LogP contribution in [0.3, 0.4) is 0 Å². The van der Waals surface area contributed by atoms with Crippen molar-refractivity contribution >= 4 is 11.9 Å². The van der Waals surface area contributed by atoms with Crippen LogP contribution in [0.5, 0.6) is 0 Å². The molecule has 4 nitrogen and oxygen atoms in total. The van der Waals surface area contributed by atoms with Crippen molar-refractivity contribution < 1.29 is 14.7 Å². The predicted octanol–water partition coefficient (Wildman–Crippen LogP) is 2.16. The Morgan fingerprint density at radius 1 is 1.10 bits per heavy atom. The van der Waals surface area contributed by atoms with Gasteiger partial charge in [-0.2, -0.15) is 0 Å². The van der Waals surface area contributed by atoms with Gasteiger partial charge in [0.1, 0.15) is 0 Å². The zero-order chi connectivity index (χ0) is 14.1. The number of rotatable bonds is 4. The molecule has 4 heteroatoms. The lowest BCUT2D eigenvalue weighted by Gasteiger charge is -2.17. The second-order valence-electron chi connectivity index (χ2n) is 5.85. The second kappa shape index (κ2) is 5.27. The van der Waals surface area contributed by atoms with E-state index in [0.717, 1.165) is 19.3 Å². The molecule has 0 aliphatic heterocycles. The SMILES string of the molecule is O=C(O)C1CCCC1NC(=O)C1CC1c1ccccc1. The first-order valence-corrected chi connectivity index (χ1v) is 7.25. The summed E-state index contributed by atoms with van der Waals surface area (Å²) in [5, 5.41) is 12.1. The minimum atomic E-state index is -0.789. The number of amides is 1. The van der Waals surface area contributed by atoms with E-state index < -0.39 is 11.9 Å². The highest BCUT2D eigenvalue weighted by Gasteiger charge is 2.45. The molecule has 2 aliphatic carbocycles. The summed E-state index contributed by atoms with van der Waals surface area (Å²) in [6, 6.07) is 9.86. The van der Waals surface area contributed by atoms with Crippen LogP contribution in [0.15, 0.2) is 30.3 Å². The molecule has 3 rings (SSSR count). The summed E-state index contributed by atoms with van der Waals surface area (Å²) < 4.78 is 0. The third-order valence-corrected chi connectivity index (χ3v) is 4.52. The normalized spacial score (nSPS) is 31.8. The summed E-state index contributed by atoms with van der Waals surface area (Å²) in [5.74, 6) is -0.846. The van der Waals surface area contributed by atoms with E-state index in [2.05, 4.69) is 5.32 Å². The molecule has 2 N–H and O–H groups in total. The molecule has 2 fully saturated rings. The number of benzene rings is 1. The minimum Gasteiger partial charge on any atom is -0.481 e. The van der Waals surface area contributed by atoms with Gasteiger partial charge >= 0.3 is 5.97 Å². The van der Waals surface area contributed by atoms with Crippen LogP contribution >= 0.6 is 0 Å². The average molecular weight is 273 g/mol. The van der Waals surface area contributed by atoms with Gasteiger partial charge in [-0.1, -0.05) is 36.8 Å². The van der Waals surface area contributed by atoms with Gasteiger partial charge in [0.2, 0.25) is 5.91 Å². The number of carboxylic acids is 1. The van der Waals surface area contributed by atoms with Crippen molar-refractivity contribution in [1.82, 2.24) is 5.32 Å². The number of carboxylic acid groups (broad SMARTS) is 1. The fraction of sp³-hybridized carbons (Fsp3) is 0.500. The topological polar surface area (TPSA) is 66.4 Å². The van der Waals surface area contributed by atoms with Crippen LogP contribution in [0.1, 0.15) is 37.2 Å². The van der Waals surface area contributed by atoms with Gasteiger partial charge in [-0.15, -0.1) is 0 Å². The van der Waals surface area contributed by atoms with Crippen LogP contribution in [0.25, 0.3) is 0 Å². The first-order valence-electron chi connectivity index (χ1n) is 7.25. The molecular weight excluding hydrogens is 254 g/mol. The van der Waals surface area contributed by atoms with E-state index >= 15 is 0 Å². The number of hydrogen-bond donors (Lipinski definition) is 2. The van der Waals surface area contributed by atoms with Crippen LogP contribution in [0.4, 0.5) is 0 Å². The van der Waals surface area contributed by atoms with Crippen LogP contribution in [-0.4, -0.2) is 23.0 Å². The molecule has 1 amide bonds. The zero-order valence-corrected chi connectivity index (χ0v) is 11.3. The third-order valence-electron chi connectivity index (χ3n) is 4.52. The van der Waals surface area contributed by atoms with E-state index in [1.165, 1.54) is 5.56 Å². The first kappa shape index (κ1) is 13.2. The van der Waals surface area contributed by atoms with Gasteiger partial charge < -0.3 is 10.4 Å². The lowest BCUT2D eigenvalue weighted by molar-refractivity contribution is -0.142. The van der Waals surface area contributed by atoms with Gasteiger partial charge in [0, 0.05) is 12.0 Å². The van der Waals surface area contributed by atoms with Crippen LogP contribution in [-0.2, 0) is 9.59 Å². The van der Waals surface area contributed by atoms with Crippen molar-refractivity contribution in [2.45, 2.75) is 37.6 Å². The second-order valence-corrected chi connectivity index (χ2v) is 5.85. The van der Waals surface area contributed by atoms with E-state index in [4.69, 9.17) is 5.11 Å². The summed E-state index contributed by atoms with van der Waals surface area (Å²) in [4.78, 5) is 23.3. The summed E-state index contributed by atoms with van der Waals surface area (Å²) >= 11 is 0. The Labute approximate surface area is 118 Å². The molecule has 4 unspecified atom stereocenters. The lowest BCUT2D eigenvalue weighted by atomic mass is 10.0. The zero-order valence-electron chi connectivity index (χ0n) is 11.3. The molecule has 106 valence electrons. The Hall–Kier alpha value is -1.84. The van der Waals surface area contributed by atoms with Crippen molar-refractivity contribution in [2.75, 3.05) is 0 Å². The van der Waals surface area contributed by atoms with Crippen molar-refractivity contribution in [3.05, 3.63) is 35.9 Å². The molecular formula is C16H19NO3. The molecule has 0 heterocycles. The van der Waals surface area contributed by atoms with E-state index in [1.807, 2.05) is 30.3 Å². The Balaban J connectivity index is 1.58. The van der Waals surface area contributed by atoms with Crippen molar-refractivity contribution in [1.29, 1.82) is 0 Å². The number of nitrogens with one attached hydrogen (secondary N) is 1. The monoisotopic (exact) mass is 273 g/mol. The molecule has 4 atom stereocenters. The lowest BCUT2D eigenvalue weighted by Crippen LogP contribution is -2.41. The summed E-state index contributed by atoms with van der Waals surface area (Å²) in [7, 11) is 0. The smallest absolute Gasteiger partial charge is 0.308 e. The van der Waals surface area contributed by atoms with Crippen molar-refractivity contribution in [2.24, 2.45) is 11.8 Å². The Morgan fingerprint density at radius 3 is 2.55 bits per heavy atom. The van der Waals surface area contributed by atoms with Gasteiger partial charge in [-0.3, -0.25) is 9.59 Å². The number of carbonyl (C=O) groups excluding carboxylic acids is 1. The fourth-order valence-corrected chi connectivity index (χ4v) is 3.27. The molecule has 0 bridgehead atoms. The fourth-order valence-electron chi connectivity index (χ4n) is 3.27. The summed E-state index contributed by atoms with van der Waals surface area (Å²) in [5.41, 5.74) is 1.20. The molecule has 2 aliphatic rings. The maximum Gasteiger partial charge on any atom is 0.308 e. The highest BCUT2D eigenvalue weighted by Crippen LogP contribution is 2.47. The summed E-state index contributed by atoms with van der Waals surface area (Å²) in [6.45, 7) is 0. The van der Waals surface area contributed by atoms with Gasteiger partial charge in [-0.05, 0) is 30.7 Å². The van der Waals surface area contributed by atoms with Gasteiger partial charge in [0.15, 0.2) is 0 Å². The molecule has 0 spiro atoms. The third kappa shape index (κ3) is 2.55. The van der Waals surface area contributed by atoms with Crippen LogP contribution in [0, 0.1) is 11.8 Å². The number of aliphatic carboxylic acids is 1. The Morgan fingerprint density at radius 2 is 1.85 bits per heavy atom. The van der Waals surface area contributed by atoms with E-state index in [0.29, 0.717) is 12.3 Å².